The van der Waals surface area contributed by atoms with E-state index >= 15 is 0 Å². The van der Waals surface area contributed by atoms with Crippen LogP contribution in [0.1, 0.15) is 97.3 Å². The first kappa shape index (κ1) is 40.1. The van der Waals surface area contributed by atoms with E-state index in [4.69, 9.17) is 4.74 Å². The maximum absolute atomic E-state index is 14.1. The van der Waals surface area contributed by atoms with Gasteiger partial charge in [0, 0.05) is 25.7 Å². The summed E-state index contributed by atoms with van der Waals surface area (Å²) in [4.78, 5) is 54.9. The first-order chi connectivity index (χ1) is 25.0. The van der Waals surface area contributed by atoms with Crippen LogP contribution in [0.15, 0.2) is 48.5 Å². The van der Waals surface area contributed by atoms with Crippen molar-refractivity contribution in [2.24, 2.45) is 17.8 Å². The SMILES string of the molecule is CC(C)C[C@H](NC(=O)CNC(=O)[C@]1(c2ccccc2)C[C@@H]1CN1CC[C@@]2(C)c3cc(O)ccc3C[C@@H]1[C@H]2C)C(=O)NCCCCNC(=O)OC(C)(C)C. The summed E-state index contributed by atoms with van der Waals surface area (Å²) in [6.45, 7) is 16.4. The highest BCUT2D eigenvalue weighted by Gasteiger charge is 2.62. The molecular formula is C42H61N5O6. The molecule has 2 fully saturated rings. The average molecular weight is 732 g/mol. The predicted octanol–water partition coefficient (Wildman–Crippen LogP) is 4.94. The number of aromatic hydroxyl groups is 1. The number of hydrogen-bond donors (Lipinski definition) is 5. The lowest BCUT2D eigenvalue weighted by atomic mass is 9.59. The van der Waals surface area contributed by atoms with Crippen molar-refractivity contribution < 1.29 is 29.0 Å². The maximum Gasteiger partial charge on any atom is 0.407 e. The maximum atomic E-state index is 14.1. The fourth-order valence-electron chi connectivity index (χ4n) is 8.61. The number of benzene rings is 2. The van der Waals surface area contributed by atoms with E-state index in [-0.39, 0.29) is 35.6 Å². The molecule has 0 radical (unpaired) electrons. The highest BCUT2D eigenvalue weighted by atomic mass is 16.6. The van der Waals surface area contributed by atoms with Crippen LogP contribution in [0, 0.1) is 17.8 Å². The van der Waals surface area contributed by atoms with E-state index in [1.807, 2.05) is 71.0 Å². The van der Waals surface area contributed by atoms with Gasteiger partial charge in [0.25, 0.3) is 0 Å². The van der Waals surface area contributed by atoms with Gasteiger partial charge in [0.05, 0.1) is 12.0 Å². The number of amides is 4. The molecule has 0 aromatic heterocycles. The summed E-state index contributed by atoms with van der Waals surface area (Å²) in [5, 5.41) is 21.7. The lowest BCUT2D eigenvalue weighted by molar-refractivity contribution is -0.130. The van der Waals surface area contributed by atoms with E-state index in [1.54, 1.807) is 6.07 Å². The Morgan fingerprint density at radius 3 is 2.38 bits per heavy atom. The number of unbranched alkanes of at least 4 members (excludes halogenated alkanes) is 1. The van der Waals surface area contributed by atoms with Gasteiger partial charge in [-0.05, 0) is 118 Å². The summed E-state index contributed by atoms with van der Waals surface area (Å²) in [6.07, 6.45) is 3.90. The molecular weight excluding hydrogens is 670 g/mol. The minimum Gasteiger partial charge on any atom is -0.508 e. The molecule has 6 atom stereocenters. The first-order valence-corrected chi connectivity index (χ1v) is 19.5. The summed E-state index contributed by atoms with van der Waals surface area (Å²) in [5.41, 5.74) is 2.22. The number of carbonyl (C=O) groups excluding carboxylic acids is 4. The van der Waals surface area contributed by atoms with Crippen LogP contribution in [0.5, 0.6) is 5.75 Å². The third-order valence-corrected chi connectivity index (χ3v) is 11.7. The van der Waals surface area contributed by atoms with E-state index in [0.717, 1.165) is 31.5 Å². The molecule has 1 saturated carbocycles. The molecule has 3 aliphatic rings. The highest BCUT2D eigenvalue weighted by molar-refractivity contribution is 5.95. The molecule has 290 valence electrons. The third-order valence-electron chi connectivity index (χ3n) is 11.7. The molecule has 2 bridgehead atoms. The minimum atomic E-state index is -0.729. The zero-order chi connectivity index (χ0) is 38.6. The first-order valence-electron chi connectivity index (χ1n) is 19.5. The molecule has 5 N–H and O–H groups in total. The number of likely N-dealkylation sites (tertiary alicyclic amines) is 1. The summed E-state index contributed by atoms with van der Waals surface area (Å²) in [7, 11) is 0. The number of alkyl carbamates (subject to hydrolysis) is 1. The second-order valence-electron chi connectivity index (χ2n) is 17.2. The van der Waals surface area contributed by atoms with Crippen LogP contribution >= 0.6 is 0 Å². The van der Waals surface area contributed by atoms with Crippen molar-refractivity contribution in [3.05, 3.63) is 65.2 Å². The molecule has 1 saturated heterocycles. The number of hydrogen-bond acceptors (Lipinski definition) is 7. The summed E-state index contributed by atoms with van der Waals surface area (Å²) >= 11 is 0. The monoisotopic (exact) mass is 731 g/mol. The van der Waals surface area contributed by atoms with Gasteiger partial charge in [-0.1, -0.05) is 64.1 Å². The smallest absolute Gasteiger partial charge is 0.407 e. The molecule has 2 aliphatic carbocycles. The third kappa shape index (κ3) is 9.52. The Hall–Kier alpha value is -4.12. The molecule has 0 spiro atoms. The molecule has 1 aliphatic heterocycles. The summed E-state index contributed by atoms with van der Waals surface area (Å²) in [5.74, 6) is 0.142. The number of phenolic OH excluding ortho intramolecular Hbond substituents is 1. The van der Waals surface area contributed by atoms with Gasteiger partial charge >= 0.3 is 6.09 Å². The summed E-state index contributed by atoms with van der Waals surface area (Å²) < 4.78 is 5.24. The van der Waals surface area contributed by atoms with E-state index in [2.05, 4.69) is 46.1 Å². The summed E-state index contributed by atoms with van der Waals surface area (Å²) in [6, 6.07) is 15.3. The molecule has 11 nitrogen and oxygen atoms in total. The standard InChI is InChI=1S/C42H61N5O6/c1-27(2)21-34(37(50)43-18-11-12-19-44-39(52)53-40(4,5)6)46-36(49)25-45-38(51)42(30-13-9-8-10-14-30)24-31(42)26-47-20-17-41(7)28(3)35(47)22-29-15-16-32(48)23-33(29)41/h8-10,13-16,23,27-28,31,34-35,48H,11-12,17-22,24-26H2,1-7H3,(H,43,50)(H,44,52)(H,45,51)(H,46,49)/t28-,31-,34+,35-,41-,42+/m1/s1. The highest BCUT2D eigenvalue weighted by Crippen LogP contribution is 2.56. The lowest BCUT2D eigenvalue weighted by Crippen LogP contribution is -2.58. The predicted molar refractivity (Wildman–Crippen MR) is 205 cm³/mol. The normalized spacial score (nSPS) is 25.5. The Labute approximate surface area is 315 Å². The molecule has 11 heteroatoms. The van der Waals surface area contributed by atoms with Gasteiger partial charge in [-0.3, -0.25) is 19.3 Å². The van der Waals surface area contributed by atoms with Crippen LogP contribution in [0.4, 0.5) is 4.79 Å². The van der Waals surface area contributed by atoms with Crippen molar-refractivity contribution in [1.82, 2.24) is 26.2 Å². The number of piperidine rings is 1. The number of phenols is 1. The largest absolute Gasteiger partial charge is 0.508 e. The molecule has 4 amide bonds. The van der Waals surface area contributed by atoms with Gasteiger partial charge in [0.1, 0.15) is 17.4 Å². The Bertz CT molecular complexity index is 1630. The molecule has 1 heterocycles. The van der Waals surface area contributed by atoms with Crippen molar-refractivity contribution in [3.8, 4) is 5.75 Å². The molecule has 2 aromatic rings. The van der Waals surface area contributed by atoms with E-state index < -0.39 is 29.1 Å². The van der Waals surface area contributed by atoms with Gasteiger partial charge in [0.2, 0.25) is 17.7 Å². The number of carbonyl (C=O) groups is 4. The zero-order valence-corrected chi connectivity index (χ0v) is 32.7. The topological polar surface area (TPSA) is 149 Å². The van der Waals surface area contributed by atoms with Gasteiger partial charge in [-0.15, -0.1) is 0 Å². The van der Waals surface area contributed by atoms with E-state index in [0.29, 0.717) is 56.5 Å². The average Bonchev–Trinajstić information content (AvgIpc) is 3.82. The van der Waals surface area contributed by atoms with Crippen molar-refractivity contribution in [3.63, 3.8) is 0 Å². The van der Waals surface area contributed by atoms with Gasteiger partial charge in [0.15, 0.2) is 0 Å². The van der Waals surface area contributed by atoms with Crippen molar-refractivity contribution in [2.75, 3.05) is 32.7 Å². The Kier molecular flexibility index (Phi) is 12.5. The number of nitrogens with one attached hydrogen (secondary N) is 4. The minimum absolute atomic E-state index is 0.0106. The Balaban J connectivity index is 1.15. The second kappa shape index (κ2) is 16.5. The Morgan fingerprint density at radius 2 is 1.70 bits per heavy atom. The lowest BCUT2D eigenvalue weighted by Gasteiger charge is -2.55. The van der Waals surface area contributed by atoms with Crippen LogP contribution in [-0.4, -0.2) is 84.2 Å². The quantitative estimate of drug-likeness (QED) is 0.163. The number of nitrogens with zero attached hydrogens (tertiary/aromatic N) is 1. The van der Waals surface area contributed by atoms with Crippen molar-refractivity contribution >= 4 is 23.8 Å². The second-order valence-corrected chi connectivity index (χ2v) is 17.2. The van der Waals surface area contributed by atoms with Gasteiger partial charge in [-0.25, -0.2) is 4.79 Å². The Morgan fingerprint density at radius 1 is 1.00 bits per heavy atom. The van der Waals surface area contributed by atoms with Crippen molar-refractivity contribution in [2.45, 2.75) is 116 Å². The van der Waals surface area contributed by atoms with Crippen molar-refractivity contribution in [1.29, 1.82) is 0 Å². The number of ether oxygens (including phenoxy) is 1. The fourth-order valence-corrected chi connectivity index (χ4v) is 8.61. The fraction of sp³-hybridized carbons (Fsp3) is 0.619. The molecule has 0 unspecified atom stereocenters. The van der Waals surface area contributed by atoms with Crippen LogP contribution < -0.4 is 21.3 Å². The number of rotatable bonds is 15. The molecule has 5 rings (SSSR count). The van der Waals surface area contributed by atoms with Crippen LogP contribution in [0.3, 0.4) is 0 Å². The molecule has 2 aromatic carbocycles. The van der Waals surface area contributed by atoms with Crippen LogP contribution in [0.2, 0.25) is 0 Å². The van der Waals surface area contributed by atoms with Gasteiger partial charge < -0.3 is 31.1 Å². The number of fused-ring (bicyclic) bond motifs is 4. The van der Waals surface area contributed by atoms with Crippen LogP contribution in [0.25, 0.3) is 0 Å². The zero-order valence-electron chi connectivity index (χ0n) is 32.7. The van der Waals surface area contributed by atoms with E-state index in [9.17, 15) is 24.3 Å². The van der Waals surface area contributed by atoms with Gasteiger partial charge in [-0.2, -0.15) is 0 Å². The van der Waals surface area contributed by atoms with Crippen LogP contribution in [-0.2, 0) is 36.4 Å². The molecule has 53 heavy (non-hydrogen) atoms. The van der Waals surface area contributed by atoms with E-state index in [1.165, 1.54) is 11.1 Å².